The van der Waals surface area contributed by atoms with E-state index in [4.69, 9.17) is 4.84 Å². The standard InChI is InChI=1S/C8H16NO2/c1-5-8(10)7-9(3,4)11-6-2/h5H,1,6-7H2,2-4H3/q+1. The summed E-state index contributed by atoms with van der Waals surface area (Å²) in [6, 6.07) is 0. The number of quaternary nitrogens is 1. The van der Waals surface area contributed by atoms with Crippen molar-refractivity contribution in [3.63, 3.8) is 0 Å². The maximum Gasteiger partial charge on any atom is 0.212 e. The quantitative estimate of drug-likeness (QED) is 0.335. The summed E-state index contributed by atoms with van der Waals surface area (Å²) >= 11 is 0. The normalized spacial score (nSPS) is 11.2. The Hall–Kier alpha value is -0.670. The van der Waals surface area contributed by atoms with E-state index in [1.54, 1.807) is 0 Å². The first-order valence-corrected chi connectivity index (χ1v) is 3.64. The number of carbonyl (C=O) groups is 1. The molecule has 0 aromatic heterocycles. The predicted octanol–water partition coefficient (Wildman–Crippen LogP) is 0.769. The third-order valence-corrected chi connectivity index (χ3v) is 1.24. The van der Waals surface area contributed by atoms with Crippen LogP contribution in [0, 0.1) is 0 Å². The molecule has 0 atom stereocenters. The molecule has 0 aliphatic carbocycles. The molecule has 0 bridgehead atoms. The van der Waals surface area contributed by atoms with Gasteiger partial charge in [0.25, 0.3) is 0 Å². The van der Waals surface area contributed by atoms with Gasteiger partial charge < -0.3 is 0 Å². The molecule has 0 amide bonds. The smallest absolute Gasteiger partial charge is 0.212 e. The van der Waals surface area contributed by atoms with Crippen LogP contribution in [0.15, 0.2) is 12.7 Å². The molecule has 0 aliphatic heterocycles. The van der Waals surface area contributed by atoms with Crippen LogP contribution in [-0.4, -0.2) is 37.7 Å². The summed E-state index contributed by atoms with van der Waals surface area (Å²) in [6.07, 6.45) is 1.32. The molecule has 0 saturated heterocycles. The van der Waals surface area contributed by atoms with E-state index >= 15 is 0 Å². The summed E-state index contributed by atoms with van der Waals surface area (Å²) in [7, 11) is 3.68. The number of likely N-dealkylation sites (N-methyl/N-ethyl adjacent to an activating group) is 1. The van der Waals surface area contributed by atoms with E-state index in [2.05, 4.69) is 6.58 Å². The van der Waals surface area contributed by atoms with Crippen LogP contribution in [0.2, 0.25) is 0 Å². The Labute approximate surface area is 67.8 Å². The molecule has 64 valence electrons. The molecule has 0 N–H and O–H groups in total. The van der Waals surface area contributed by atoms with Crippen LogP contribution >= 0.6 is 0 Å². The molecule has 0 saturated carbocycles. The molecular formula is C8H16NO2+. The maximum atomic E-state index is 10.9. The molecule has 0 spiro atoms. The second kappa shape index (κ2) is 4.26. The van der Waals surface area contributed by atoms with Gasteiger partial charge >= 0.3 is 0 Å². The number of hydrogen-bond acceptors (Lipinski definition) is 2. The van der Waals surface area contributed by atoms with Crippen molar-refractivity contribution in [3.05, 3.63) is 12.7 Å². The molecule has 3 heteroatoms. The number of nitrogens with zero attached hydrogens (tertiary/aromatic N) is 1. The molecule has 0 unspecified atom stereocenters. The zero-order valence-corrected chi connectivity index (χ0v) is 7.46. The molecule has 3 nitrogen and oxygen atoms in total. The predicted molar refractivity (Wildman–Crippen MR) is 43.8 cm³/mol. The van der Waals surface area contributed by atoms with Gasteiger partial charge in [-0.2, -0.15) is 4.65 Å². The minimum Gasteiger partial charge on any atom is -0.288 e. The monoisotopic (exact) mass is 158 g/mol. The maximum absolute atomic E-state index is 10.9. The minimum atomic E-state index is 0.00319. The van der Waals surface area contributed by atoms with Crippen LogP contribution < -0.4 is 0 Å². The lowest BCUT2D eigenvalue weighted by Gasteiger charge is -2.24. The summed E-state index contributed by atoms with van der Waals surface area (Å²) in [6.45, 7) is 6.24. The molecule has 0 aliphatic rings. The Morgan fingerprint density at radius 3 is 2.55 bits per heavy atom. The Balaban J connectivity index is 3.89. The summed E-state index contributed by atoms with van der Waals surface area (Å²) < 4.78 is 0.265. The van der Waals surface area contributed by atoms with Gasteiger partial charge in [-0.3, -0.25) is 4.79 Å². The fourth-order valence-corrected chi connectivity index (χ4v) is 0.835. The topological polar surface area (TPSA) is 26.3 Å². The molecule has 0 aromatic carbocycles. The molecular weight excluding hydrogens is 142 g/mol. The average Bonchev–Trinajstić information content (AvgIpc) is 1.86. The zero-order valence-electron chi connectivity index (χ0n) is 7.46. The van der Waals surface area contributed by atoms with Crippen LogP contribution in [0.25, 0.3) is 0 Å². The summed E-state index contributed by atoms with van der Waals surface area (Å²) in [5.74, 6) is 0.00319. The highest BCUT2D eigenvalue weighted by Gasteiger charge is 2.18. The first-order chi connectivity index (χ1) is 5.02. The molecule has 0 radical (unpaired) electrons. The molecule has 0 heterocycles. The first-order valence-electron chi connectivity index (χ1n) is 3.64. The molecule has 0 rings (SSSR count). The fourth-order valence-electron chi connectivity index (χ4n) is 0.835. The average molecular weight is 158 g/mol. The SMILES string of the molecule is C=CC(=O)C[N+](C)(C)OCC. The van der Waals surface area contributed by atoms with Gasteiger partial charge in [0.2, 0.25) is 5.78 Å². The van der Waals surface area contributed by atoms with Gasteiger partial charge in [-0.25, -0.2) is 4.84 Å². The van der Waals surface area contributed by atoms with Crippen LogP contribution in [0.4, 0.5) is 0 Å². The summed E-state index contributed by atoms with van der Waals surface area (Å²) in [5, 5.41) is 0. The van der Waals surface area contributed by atoms with Crippen molar-refractivity contribution in [2.45, 2.75) is 6.92 Å². The van der Waals surface area contributed by atoms with Crippen LogP contribution in [0.1, 0.15) is 6.92 Å². The van der Waals surface area contributed by atoms with Crippen molar-refractivity contribution in [3.8, 4) is 0 Å². The summed E-state index contributed by atoms with van der Waals surface area (Å²) in [4.78, 5) is 16.2. The minimum absolute atomic E-state index is 0.00319. The van der Waals surface area contributed by atoms with E-state index in [9.17, 15) is 4.79 Å². The Bertz CT molecular complexity index is 152. The Morgan fingerprint density at radius 1 is 1.64 bits per heavy atom. The van der Waals surface area contributed by atoms with E-state index in [-0.39, 0.29) is 10.4 Å². The largest absolute Gasteiger partial charge is 0.288 e. The van der Waals surface area contributed by atoms with Gasteiger partial charge in [-0.15, -0.1) is 0 Å². The lowest BCUT2D eigenvalue weighted by molar-refractivity contribution is -1.07. The number of ketones is 1. The van der Waals surface area contributed by atoms with Gasteiger partial charge in [-0.05, 0) is 13.0 Å². The fraction of sp³-hybridized carbons (Fsp3) is 0.625. The lowest BCUT2D eigenvalue weighted by Crippen LogP contribution is -2.43. The highest BCUT2D eigenvalue weighted by Crippen LogP contribution is 1.98. The second-order valence-electron chi connectivity index (χ2n) is 2.82. The zero-order chi connectivity index (χ0) is 8.91. The third-order valence-electron chi connectivity index (χ3n) is 1.24. The third kappa shape index (κ3) is 4.70. The lowest BCUT2D eigenvalue weighted by atomic mass is 10.4. The highest BCUT2D eigenvalue weighted by atomic mass is 16.7. The van der Waals surface area contributed by atoms with Crippen LogP contribution in [0.3, 0.4) is 0 Å². The van der Waals surface area contributed by atoms with Crippen LogP contribution in [0.5, 0.6) is 0 Å². The Kier molecular flexibility index (Phi) is 4.00. The number of hydrogen-bond donors (Lipinski definition) is 0. The van der Waals surface area contributed by atoms with Crippen molar-refractivity contribution in [2.75, 3.05) is 27.2 Å². The second-order valence-corrected chi connectivity index (χ2v) is 2.82. The number of rotatable bonds is 5. The van der Waals surface area contributed by atoms with Crippen molar-refractivity contribution in [1.82, 2.24) is 0 Å². The van der Waals surface area contributed by atoms with Gasteiger partial charge in [0.05, 0.1) is 14.1 Å². The van der Waals surface area contributed by atoms with Crippen molar-refractivity contribution >= 4 is 5.78 Å². The van der Waals surface area contributed by atoms with E-state index in [0.717, 1.165) is 0 Å². The van der Waals surface area contributed by atoms with Gasteiger partial charge in [0.1, 0.15) is 6.61 Å². The highest BCUT2D eigenvalue weighted by molar-refractivity contribution is 5.89. The van der Waals surface area contributed by atoms with E-state index in [1.165, 1.54) is 6.08 Å². The van der Waals surface area contributed by atoms with Gasteiger partial charge in [0, 0.05) is 0 Å². The van der Waals surface area contributed by atoms with Gasteiger partial charge in [-0.1, -0.05) is 6.58 Å². The number of carbonyl (C=O) groups excluding carboxylic acids is 1. The van der Waals surface area contributed by atoms with Gasteiger partial charge in [0.15, 0.2) is 6.54 Å². The molecule has 11 heavy (non-hydrogen) atoms. The molecule has 0 fully saturated rings. The van der Waals surface area contributed by atoms with Crippen molar-refractivity contribution in [1.29, 1.82) is 0 Å². The van der Waals surface area contributed by atoms with Crippen LogP contribution in [-0.2, 0) is 9.63 Å². The van der Waals surface area contributed by atoms with Crippen molar-refractivity contribution < 1.29 is 14.3 Å². The van der Waals surface area contributed by atoms with Crippen molar-refractivity contribution in [2.24, 2.45) is 0 Å². The summed E-state index contributed by atoms with van der Waals surface area (Å²) in [5.41, 5.74) is 0. The van der Waals surface area contributed by atoms with E-state index < -0.39 is 0 Å². The number of hydroxylamine groups is 3. The molecule has 0 aromatic rings. The first kappa shape index (κ1) is 10.3. The Morgan fingerprint density at radius 2 is 2.18 bits per heavy atom. The van der Waals surface area contributed by atoms with E-state index in [0.29, 0.717) is 13.2 Å². The van der Waals surface area contributed by atoms with E-state index in [1.807, 2.05) is 21.0 Å².